The lowest BCUT2D eigenvalue weighted by atomic mass is 9.92. The Labute approximate surface area is 99.5 Å². The molecule has 0 amide bonds. The summed E-state index contributed by atoms with van der Waals surface area (Å²) < 4.78 is 48.1. The average Bonchev–Trinajstić information content (AvgIpc) is 2.25. The Hall–Kier alpha value is -0.290. The molecule has 1 aliphatic heterocycles. The molecule has 100 valence electrons. The van der Waals surface area contributed by atoms with Crippen LogP contribution in [0.2, 0.25) is 0 Å². The van der Waals surface area contributed by atoms with Crippen LogP contribution in [-0.4, -0.2) is 30.6 Å². The van der Waals surface area contributed by atoms with E-state index >= 15 is 0 Å². The summed E-state index contributed by atoms with van der Waals surface area (Å²) >= 11 is 0. The van der Waals surface area contributed by atoms with E-state index in [1.807, 2.05) is 6.92 Å². The molecule has 1 saturated heterocycles. The topological polar surface area (TPSA) is 18.5 Å². The first-order chi connectivity index (χ1) is 7.96. The molecule has 2 rings (SSSR count). The van der Waals surface area contributed by atoms with Crippen LogP contribution in [0.3, 0.4) is 0 Å². The molecule has 0 N–H and O–H groups in total. The molecule has 2 fully saturated rings. The second-order valence-electron chi connectivity index (χ2n) is 5.03. The summed E-state index contributed by atoms with van der Waals surface area (Å²) in [7, 11) is 0. The van der Waals surface area contributed by atoms with Crippen LogP contribution in [0, 0.1) is 0 Å². The van der Waals surface area contributed by atoms with Crippen LogP contribution in [0.1, 0.15) is 45.4 Å². The van der Waals surface area contributed by atoms with Gasteiger partial charge in [0.1, 0.15) is 0 Å². The monoisotopic (exact) mass is 252 g/mol. The highest BCUT2D eigenvalue weighted by Gasteiger charge is 2.39. The summed E-state index contributed by atoms with van der Waals surface area (Å²) in [6.45, 7) is 1.81. The van der Waals surface area contributed by atoms with Gasteiger partial charge in [0, 0.05) is 6.42 Å². The molecule has 0 aromatic heterocycles. The van der Waals surface area contributed by atoms with Gasteiger partial charge in [-0.05, 0) is 26.2 Å². The molecule has 1 heterocycles. The molecule has 5 heteroatoms. The van der Waals surface area contributed by atoms with E-state index in [-0.39, 0.29) is 24.7 Å². The number of fused-ring (bicyclic) bond motifs is 1. The van der Waals surface area contributed by atoms with Gasteiger partial charge in [-0.15, -0.1) is 0 Å². The number of hydrogen-bond donors (Lipinski definition) is 0. The van der Waals surface area contributed by atoms with E-state index < -0.39 is 18.7 Å². The van der Waals surface area contributed by atoms with Gasteiger partial charge in [-0.1, -0.05) is 12.8 Å². The number of hydrogen-bond acceptors (Lipinski definition) is 2. The quantitative estimate of drug-likeness (QED) is 0.749. The summed E-state index contributed by atoms with van der Waals surface area (Å²) in [4.78, 5) is 0. The number of rotatable bonds is 2. The molecular formula is C12H19F3O2. The van der Waals surface area contributed by atoms with Crippen LogP contribution in [0.25, 0.3) is 0 Å². The smallest absolute Gasteiger partial charge is 0.370 e. The predicted octanol–water partition coefficient (Wildman–Crippen LogP) is 3.44. The van der Waals surface area contributed by atoms with Crippen LogP contribution < -0.4 is 0 Å². The molecule has 0 spiro atoms. The molecule has 1 saturated carbocycles. The zero-order valence-corrected chi connectivity index (χ0v) is 10.0. The third-order valence-corrected chi connectivity index (χ3v) is 3.62. The largest absolute Gasteiger partial charge is 0.389 e. The highest BCUT2D eigenvalue weighted by atomic mass is 19.4. The lowest BCUT2D eigenvalue weighted by Gasteiger charge is -2.43. The van der Waals surface area contributed by atoms with Crippen LogP contribution in [0.5, 0.6) is 0 Å². The van der Waals surface area contributed by atoms with Gasteiger partial charge < -0.3 is 9.47 Å². The maximum absolute atomic E-state index is 12.2. The molecule has 0 radical (unpaired) electrons. The van der Waals surface area contributed by atoms with E-state index in [1.54, 1.807) is 0 Å². The minimum absolute atomic E-state index is 0.00782. The van der Waals surface area contributed by atoms with Gasteiger partial charge in [0.05, 0.1) is 24.4 Å². The van der Waals surface area contributed by atoms with E-state index in [9.17, 15) is 13.2 Å². The fraction of sp³-hybridized carbons (Fsp3) is 1.00. The van der Waals surface area contributed by atoms with Crippen LogP contribution >= 0.6 is 0 Å². The first-order valence-corrected chi connectivity index (χ1v) is 6.33. The van der Waals surface area contributed by atoms with E-state index in [0.717, 1.165) is 25.7 Å². The van der Waals surface area contributed by atoms with E-state index in [1.165, 1.54) is 0 Å². The van der Waals surface area contributed by atoms with Crippen LogP contribution in [-0.2, 0) is 9.47 Å². The van der Waals surface area contributed by atoms with Crippen molar-refractivity contribution >= 4 is 0 Å². The molecule has 0 aromatic rings. The fourth-order valence-corrected chi connectivity index (χ4v) is 2.68. The van der Waals surface area contributed by atoms with E-state index in [4.69, 9.17) is 9.47 Å². The first-order valence-electron chi connectivity index (χ1n) is 6.33. The van der Waals surface area contributed by atoms with Crippen molar-refractivity contribution in [3.05, 3.63) is 0 Å². The van der Waals surface area contributed by atoms with Gasteiger partial charge in [0.15, 0.2) is 0 Å². The maximum atomic E-state index is 12.2. The second kappa shape index (κ2) is 5.14. The Morgan fingerprint density at radius 2 is 1.65 bits per heavy atom. The standard InChI is InChI=1S/C12H19F3O2/c1-8-9(6-7-12(13,14)15)17-11-5-3-2-4-10(11)16-8/h8-11H,2-7H2,1H3. The molecule has 0 aromatic carbocycles. The van der Waals surface area contributed by atoms with Gasteiger partial charge in [-0.2, -0.15) is 13.2 Å². The molecule has 0 bridgehead atoms. The summed E-state index contributed by atoms with van der Waals surface area (Å²) in [5.74, 6) is 0. The average molecular weight is 252 g/mol. The summed E-state index contributed by atoms with van der Waals surface area (Å²) in [6.07, 6.45) is -1.30. The molecule has 2 nitrogen and oxygen atoms in total. The summed E-state index contributed by atoms with van der Waals surface area (Å²) in [5, 5.41) is 0. The minimum Gasteiger partial charge on any atom is -0.370 e. The summed E-state index contributed by atoms with van der Waals surface area (Å²) in [6, 6.07) is 0. The Kier molecular flexibility index (Phi) is 3.98. The Morgan fingerprint density at radius 1 is 1.06 bits per heavy atom. The third-order valence-electron chi connectivity index (χ3n) is 3.62. The van der Waals surface area contributed by atoms with Crippen molar-refractivity contribution < 1.29 is 22.6 Å². The van der Waals surface area contributed by atoms with Crippen molar-refractivity contribution in [2.24, 2.45) is 0 Å². The van der Waals surface area contributed by atoms with Gasteiger partial charge >= 0.3 is 6.18 Å². The van der Waals surface area contributed by atoms with Gasteiger partial charge in [0.25, 0.3) is 0 Å². The van der Waals surface area contributed by atoms with Crippen LogP contribution in [0.15, 0.2) is 0 Å². The lowest BCUT2D eigenvalue weighted by molar-refractivity contribution is -0.233. The lowest BCUT2D eigenvalue weighted by Crippen LogP contribution is -2.49. The second-order valence-corrected chi connectivity index (χ2v) is 5.03. The fourth-order valence-electron chi connectivity index (χ4n) is 2.68. The van der Waals surface area contributed by atoms with Crippen molar-refractivity contribution in [1.82, 2.24) is 0 Å². The van der Waals surface area contributed by atoms with Gasteiger partial charge in [0.2, 0.25) is 0 Å². The molecule has 4 atom stereocenters. The molecule has 17 heavy (non-hydrogen) atoms. The zero-order valence-electron chi connectivity index (χ0n) is 10.0. The SMILES string of the molecule is CC1OC2CCCCC2OC1CCC(F)(F)F. The molecule has 2 aliphatic rings. The van der Waals surface area contributed by atoms with Gasteiger partial charge in [-0.25, -0.2) is 0 Å². The third kappa shape index (κ3) is 3.58. The highest BCUT2D eigenvalue weighted by Crippen LogP contribution is 2.34. The number of halogens is 3. The Bertz CT molecular complexity index is 255. The van der Waals surface area contributed by atoms with Crippen molar-refractivity contribution in [3.8, 4) is 0 Å². The minimum atomic E-state index is -4.10. The number of alkyl halides is 3. The molecular weight excluding hydrogens is 233 g/mol. The normalized spacial score (nSPS) is 38.8. The van der Waals surface area contributed by atoms with Crippen molar-refractivity contribution in [1.29, 1.82) is 0 Å². The van der Waals surface area contributed by atoms with E-state index in [0.29, 0.717) is 0 Å². The zero-order chi connectivity index (χ0) is 12.5. The summed E-state index contributed by atoms with van der Waals surface area (Å²) in [5.41, 5.74) is 0. The van der Waals surface area contributed by atoms with E-state index in [2.05, 4.69) is 0 Å². The molecule has 1 aliphatic carbocycles. The number of ether oxygens (including phenoxy) is 2. The van der Waals surface area contributed by atoms with Crippen molar-refractivity contribution in [3.63, 3.8) is 0 Å². The highest BCUT2D eigenvalue weighted by molar-refractivity contribution is 4.85. The molecule has 4 unspecified atom stereocenters. The van der Waals surface area contributed by atoms with Gasteiger partial charge in [-0.3, -0.25) is 0 Å². The van der Waals surface area contributed by atoms with Crippen molar-refractivity contribution in [2.45, 2.75) is 76.0 Å². The Balaban J connectivity index is 1.86. The predicted molar refractivity (Wildman–Crippen MR) is 56.8 cm³/mol. The van der Waals surface area contributed by atoms with Crippen LogP contribution in [0.4, 0.5) is 13.2 Å². The van der Waals surface area contributed by atoms with Crippen molar-refractivity contribution in [2.75, 3.05) is 0 Å². The first kappa shape index (κ1) is 13.1. The maximum Gasteiger partial charge on any atom is 0.389 e. The Morgan fingerprint density at radius 3 is 2.24 bits per heavy atom.